The minimum absolute atomic E-state index is 0.0668. The third-order valence-electron chi connectivity index (χ3n) is 4.99. The number of carbonyl (C=O) groups is 2. The first-order valence-corrected chi connectivity index (χ1v) is 9.21. The number of benzene rings is 1. The Bertz CT molecular complexity index is 807. The summed E-state index contributed by atoms with van der Waals surface area (Å²) in [7, 11) is 1.58. The zero-order valence-electron chi connectivity index (χ0n) is 14.0. The van der Waals surface area contributed by atoms with Crippen LogP contribution in [0.1, 0.15) is 39.3 Å². The van der Waals surface area contributed by atoms with Crippen LogP contribution in [-0.2, 0) is 0 Å². The van der Waals surface area contributed by atoms with Crippen LogP contribution in [0.5, 0.6) is 11.5 Å². The third-order valence-corrected chi connectivity index (χ3v) is 5.85. The number of piperidine rings is 1. The quantitative estimate of drug-likeness (QED) is 0.827. The van der Waals surface area contributed by atoms with E-state index in [2.05, 4.69) is 0 Å². The third kappa shape index (κ3) is 2.91. The summed E-state index contributed by atoms with van der Waals surface area (Å²) in [6.45, 7) is 1.21. The average molecular weight is 357 g/mol. The van der Waals surface area contributed by atoms with Gasteiger partial charge < -0.3 is 14.4 Å². The minimum atomic E-state index is -0.495. The number of thiophene rings is 1. The fourth-order valence-electron chi connectivity index (χ4n) is 3.55. The minimum Gasteiger partial charge on any atom is -0.497 e. The smallest absolute Gasteiger partial charge is 0.263 e. The van der Waals surface area contributed by atoms with Gasteiger partial charge in [-0.05, 0) is 29.6 Å². The molecule has 1 spiro atoms. The van der Waals surface area contributed by atoms with Crippen LogP contribution in [0.2, 0.25) is 0 Å². The molecule has 25 heavy (non-hydrogen) atoms. The molecule has 1 aromatic heterocycles. The molecule has 4 rings (SSSR count). The monoisotopic (exact) mass is 357 g/mol. The standard InChI is InChI=1S/C19H19NO4S/c1-23-13-4-5-16-14(11-13)15(21)12-19(24-16)6-8-20(9-7-19)18(22)17-3-2-10-25-17/h2-5,10-11H,6-9,12H2,1H3. The summed E-state index contributed by atoms with van der Waals surface area (Å²) in [5, 5.41) is 1.91. The first-order chi connectivity index (χ1) is 12.1. The lowest BCUT2D eigenvalue weighted by Gasteiger charge is -2.43. The summed E-state index contributed by atoms with van der Waals surface area (Å²) < 4.78 is 11.4. The summed E-state index contributed by atoms with van der Waals surface area (Å²) in [5.74, 6) is 1.42. The zero-order valence-corrected chi connectivity index (χ0v) is 14.8. The summed E-state index contributed by atoms with van der Waals surface area (Å²) >= 11 is 1.46. The van der Waals surface area contributed by atoms with Crippen LogP contribution < -0.4 is 9.47 Å². The summed E-state index contributed by atoms with van der Waals surface area (Å²) in [6, 6.07) is 9.08. The van der Waals surface area contributed by atoms with Gasteiger partial charge in [-0.1, -0.05) is 6.07 Å². The number of amides is 1. The zero-order chi connectivity index (χ0) is 17.4. The molecule has 2 aliphatic heterocycles. The normalized spacial score (nSPS) is 18.6. The number of ether oxygens (including phenoxy) is 2. The number of likely N-dealkylation sites (tertiary alicyclic amines) is 1. The highest BCUT2D eigenvalue weighted by molar-refractivity contribution is 7.12. The van der Waals surface area contributed by atoms with Gasteiger partial charge in [0.15, 0.2) is 5.78 Å². The van der Waals surface area contributed by atoms with Crippen molar-refractivity contribution in [2.45, 2.75) is 24.9 Å². The first-order valence-electron chi connectivity index (χ1n) is 8.33. The van der Waals surface area contributed by atoms with Gasteiger partial charge >= 0.3 is 0 Å². The van der Waals surface area contributed by atoms with Crippen molar-refractivity contribution in [3.63, 3.8) is 0 Å². The van der Waals surface area contributed by atoms with Gasteiger partial charge in [0.05, 0.1) is 24.0 Å². The lowest BCUT2D eigenvalue weighted by atomic mass is 9.82. The van der Waals surface area contributed by atoms with Crippen LogP contribution in [0.15, 0.2) is 35.7 Å². The van der Waals surface area contributed by atoms with Gasteiger partial charge in [-0.25, -0.2) is 0 Å². The number of Topliss-reactive ketones (excluding diaryl/α,β-unsaturated/α-hetero) is 1. The van der Waals surface area contributed by atoms with Crippen molar-refractivity contribution in [2.75, 3.05) is 20.2 Å². The maximum Gasteiger partial charge on any atom is 0.263 e. The van der Waals surface area contributed by atoms with E-state index >= 15 is 0 Å². The lowest BCUT2D eigenvalue weighted by Crippen LogP contribution is -2.52. The lowest BCUT2D eigenvalue weighted by molar-refractivity contribution is -0.00564. The van der Waals surface area contributed by atoms with Gasteiger partial charge in [0, 0.05) is 25.9 Å². The molecule has 1 saturated heterocycles. The SMILES string of the molecule is COc1ccc2c(c1)C(=O)CC1(CCN(C(=O)c3cccs3)CC1)O2. The first kappa shape index (κ1) is 16.1. The molecular formula is C19H19NO4S. The second-order valence-corrected chi connectivity index (χ2v) is 7.46. The molecule has 0 atom stereocenters. The second-order valence-electron chi connectivity index (χ2n) is 6.52. The molecule has 0 aliphatic carbocycles. The summed E-state index contributed by atoms with van der Waals surface area (Å²) in [6.07, 6.45) is 1.69. The van der Waals surface area contributed by atoms with Crippen LogP contribution in [0.25, 0.3) is 0 Å². The van der Waals surface area contributed by atoms with Crippen molar-refractivity contribution in [3.8, 4) is 11.5 Å². The highest BCUT2D eigenvalue weighted by Crippen LogP contribution is 2.40. The molecule has 6 heteroatoms. The Balaban J connectivity index is 1.49. The van der Waals surface area contributed by atoms with Crippen LogP contribution >= 0.6 is 11.3 Å². The molecule has 2 aromatic rings. The molecule has 1 fully saturated rings. The van der Waals surface area contributed by atoms with E-state index < -0.39 is 5.60 Å². The Morgan fingerprint density at radius 2 is 2.08 bits per heavy atom. The maximum atomic E-state index is 12.6. The maximum absolute atomic E-state index is 12.6. The Kier molecular flexibility index (Phi) is 4.00. The molecule has 2 aliphatic rings. The Morgan fingerprint density at radius 1 is 1.28 bits per heavy atom. The van der Waals surface area contributed by atoms with Gasteiger partial charge in [-0.3, -0.25) is 9.59 Å². The molecule has 0 saturated carbocycles. The number of methoxy groups -OCH3 is 1. The Labute approximate surface area is 150 Å². The Morgan fingerprint density at radius 3 is 2.76 bits per heavy atom. The summed E-state index contributed by atoms with van der Waals surface area (Å²) in [4.78, 5) is 27.7. The van der Waals surface area contributed by atoms with E-state index in [0.717, 1.165) is 4.88 Å². The second kappa shape index (κ2) is 6.19. The van der Waals surface area contributed by atoms with Crippen molar-refractivity contribution < 1.29 is 19.1 Å². The average Bonchev–Trinajstić information content (AvgIpc) is 3.16. The molecule has 0 radical (unpaired) electrons. The number of carbonyl (C=O) groups excluding carboxylic acids is 2. The van der Waals surface area contributed by atoms with Crippen LogP contribution in [0.3, 0.4) is 0 Å². The van der Waals surface area contributed by atoms with E-state index in [4.69, 9.17) is 9.47 Å². The van der Waals surface area contributed by atoms with Gasteiger partial charge in [-0.2, -0.15) is 0 Å². The van der Waals surface area contributed by atoms with Gasteiger partial charge in [0.25, 0.3) is 5.91 Å². The molecule has 0 bridgehead atoms. The molecule has 3 heterocycles. The van der Waals surface area contributed by atoms with Crippen molar-refractivity contribution >= 4 is 23.0 Å². The number of fused-ring (bicyclic) bond motifs is 1. The molecule has 1 aromatic carbocycles. The fraction of sp³-hybridized carbons (Fsp3) is 0.368. The summed E-state index contributed by atoms with van der Waals surface area (Å²) in [5.41, 5.74) is 0.0901. The topological polar surface area (TPSA) is 55.8 Å². The van der Waals surface area contributed by atoms with E-state index in [-0.39, 0.29) is 11.7 Å². The molecule has 5 nitrogen and oxygen atoms in total. The van der Waals surface area contributed by atoms with Gasteiger partial charge in [-0.15, -0.1) is 11.3 Å². The number of hydrogen-bond acceptors (Lipinski definition) is 5. The number of hydrogen-bond donors (Lipinski definition) is 0. The van der Waals surface area contributed by atoms with Crippen molar-refractivity contribution in [1.82, 2.24) is 4.90 Å². The van der Waals surface area contributed by atoms with Gasteiger partial charge in [0.1, 0.15) is 17.1 Å². The fourth-order valence-corrected chi connectivity index (χ4v) is 4.24. The highest BCUT2D eigenvalue weighted by atomic mass is 32.1. The van der Waals surface area contributed by atoms with Crippen molar-refractivity contribution in [3.05, 3.63) is 46.2 Å². The van der Waals surface area contributed by atoms with E-state index in [1.165, 1.54) is 11.3 Å². The van der Waals surface area contributed by atoms with Crippen LogP contribution in [-0.4, -0.2) is 42.4 Å². The van der Waals surface area contributed by atoms with Crippen molar-refractivity contribution in [1.29, 1.82) is 0 Å². The highest BCUT2D eigenvalue weighted by Gasteiger charge is 2.43. The van der Waals surface area contributed by atoms with E-state index in [0.29, 0.717) is 49.4 Å². The number of nitrogens with zero attached hydrogens (tertiary/aromatic N) is 1. The predicted octanol–water partition coefficient (Wildman–Crippen LogP) is 3.40. The van der Waals surface area contributed by atoms with E-state index in [1.54, 1.807) is 25.3 Å². The molecular weight excluding hydrogens is 338 g/mol. The van der Waals surface area contributed by atoms with Gasteiger partial charge in [0.2, 0.25) is 0 Å². The molecule has 130 valence electrons. The molecule has 1 amide bonds. The van der Waals surface area contributed by atoms with Crippen LogP contribution in [0.4, 0.5) is 0 Å². The Hall–Kier alpha value is -2.34. The largest absolute Gasteiger partial charge is 0.497 e. The molecule has 0 N–H and O–H groups in total. The van der Waals surface area contributed by atoms with E-state index in [1.807, 2.05) is 22.4 Å². The molecule has 0 unspecified atom stereocenters. The van der Waals surface area contributed by atoms with Crippen LogP contribution in [0, 0.1) is 0 Å². The predicted molar refractivity (Wildman–Crippen MR) is 94.8 cm³/mol. The van der Waals surface area contributed by atoms with E-state index in [9.17, 15) is 9.59 Å². The van der Waals surface area contributed by atoms with Crippen molar-refractivity contribution in [2.24, 2.45) is 0 Å². The number of ketones is 1. The number of rotatable bonds is 2.